The van der Waals surface area contributed by atoms with Gasteiger partial charge in [0.15, 0.2) is 0 Å². The van der Waals surface area contributed by atoms with E-state index in [4.69, 9.17) is 1.37 Å². The first kappa shape index (κ1) is 10.3. The molecule has 4 heteroatoms. The molecule has 2 aromatic carbocycles. The summed E-state index contributed by atoms with van der Waals surface area (Å²) in [6.07, 6.45) is 0.326. The number of nitrogens with one attached hydrogen (secondary N) is 1. The molecule has 1 heterocycles. The van der Waals surface area contributed by atoms with Crippen LogP contribution >= 0.6 is 0 Å². The number of hydrogen-bond acceptors (Lipinski definition) is 2. The highest BCUT2D eigenvalue weighted by Crippen LogP contribution is 2.29. The van der Waals surface area contributed by atoms with E-state index < -0.39 is 16.0 Å². The molecule has 0 radical (unpaired) electrons. The van der Waals surface area contributed by atoms with Crippen molar-refractivity contribution in [3.63, 3.8) is 0 Å². The molecule has 18 heavy (non-hydrogen) atoms. The summed E-state index contributed by atoms with van der Waals surface area (Å²) in [5, 5.41) is 0. The van der Waals surface area contributed by atoms with E-state index in [-0.39, 0.29) is 4.90 Å². The molecule has 0 amide bonds. The minimum atomic E-state index is -3.64. The van der Waals surface area contributed by atoms with E-state index in [0.29, 0.717) is 17.5 Å². The maximum atomic E-state index is 12.2. The Morgan fingerprint density at radius 2 is 1.72 bits per heavy atom. The monoisotopic (exact) mass is 260 g/mol. The number of benzene rings is 2. The minimum Gasteiger partial charge on any atom is -0.207 e. The van der Waals surface area contributed by atoms with Gasteiger partial charge in [-0.25, -0.2) is 13.1 Å². The summed E-state index contributed by atoms with van der Waals surface area (Å²) < 4.78 is 35.4. The zero-order chi connectivity index (χ0) is 13.5. The van der Waals surface area contributed by atoms with Gasteiger partial charge in [0.05, 0.1) is 12.3 Å². The third-order valence-electron chi connectivity index (χ3n) is 3.01. The molecule has 3 nitrogen and oxygen atoms in total. The van der Waals surface area contributed by atoms with Gasteiger partial charge in [-0.2, -0.15) is 0 Å². The molecule has 0 aliphatic carbocycles. The van der Waals surface area contributed by atoms with Gasteiger partial charge in [0.2, 0.25) is 10.0 Å². The third-order valence-corrected chi connectivity index (χ3v) is 4.50. The van der Waals surface area contributed by atoms with Crippen LogP contribution in [0.3, 0.4) is 0 Å². The second-order valence-electron chi connectivity index (χ2n) is 4.23. The molecule has 1 atom stereocenters. The molecule has 0 saturated carbocycles. The summed E-state index contributed by atoms with van der Waals surface area (Å²) in [6, 6.07) is 14.5. The van der Waals surface area contributed by atoms with Crippen molar-refractivity contribution in [3.05, 3.63) is 65.7 Å². The lowest BCUT2D eigenvalue weighted by atomic mass is 9.99. The van der Waals surface area contributed by atoms with Gasteiger partial charge in [-0.1, -0.05) is 48.5 Å². The Kier molecular flexibility index (Phi) is 2.42. The predicted octanol–water partition coefficient (Wildman–Crippen LogP) is 2.26. The van der Waals surface area contributed by atoms with Crippen LogP contribution in [0.2, 0.25) is 0 Å². The van der Waals surface area contributed by atoms with Crippen LogP contribution in [0.4, 0.5) is 0 Å². The number of sulfonamides is 1. The van der Waals surface area contributed by atoms with Crippen molar-refractivity contribution in [1.82, 2.24) is 4.72 Å². The zero-order valence-electron chi connectivity index (χ0n) is 10.6. The molecule has 1 N–H and O–H groups in total. The van der Waals surface area contributed by atoms with E-state index in [9.17, 15) is 8.42 Å². The van der Waals surface area contributed by atoms with Gasteiger partial charge < -0.3 is 0 Å². The maximum absolute atomic E-state index is 12.2. The molecule has 2 aromatic rings. The summed E-state index contributed by atoms with van der Waals surface area (Å²) in [6.45, 7) is 0. The second kappa shape index (κ2) is 4.23. The Hall–Kier alpha value is -1.65. The third kappa shape index (κ3) is 1.94. The number of fused-ring (bicyclic) bond motifs is 1. The van der Waals surface area contributed by atoms with Crippen molar-refractivity contribution in [2.24, 2.45) is 0 Å². The van der Waals surface area contributed by atoms with Gasteiger partial charge >= 0.3 is 0 Å². The topological polar surface area (TPSA) is 46.2 Å². The SMILES string of the molecule is [2H]C1(c2ccccc2)Cc2ccccc2S(=O)(=O)N1. The Bertz CT molecular complexity index is 715. The summed E-state index contributed by atoms with van der Waals surface area (Å²) in [4.78, 5) is 0.272. The predicted molar refractivity (Wildman–Crippen MR) is 69.7 cm³/mol. The average Bonchev–Trinajstić information content (AvgIpc) is 2.39. The van der Waals surface area contributed by atoms with Crippen LogP contribution in [-0.2, 0) is 16.4 Å². The van der Waals surface area contributed by atoms with Crippen LogP contribution in [0.5, 0.6) is 0 Å². The molecule has 92 valence electrons. The Labute approximate surface area is 108 Å². The van der Waals surface area contributed by atoms with E-state index >= 15 is 0 Å². The highest BCUT2D eigenvalue weighted by Gasteiger charge is 2.29. The summed E-state index contributed by atoms with van der Waals surface area (Å²) in [5.41, 5.74) is 1.33. The molecule has 0 saturated heterocycles. The molecule has 0 spiro atoms. The van der Waals surface area contributed by atoms with Crippen molar-refractivity contribution >= 4 is 10.0 Å². The molecule has 1 unspecified atom stereocenters. The van der Waals surface area contributed by atoms with Crippen molar-refractivity contribution in [2.75, 3.05) is 0 Å². The van der Waals surface area contributed by atoms with E-state index in [1.165, 1.54) is 0 Å². The van der Waals surface area contributed by atoms with Gasteiger partial charge in [0.25, 0.3) is 0 Å². The molecule has 3 rings (SSSR count). The van der Waals surface area contributed by atoms with Crippen LogP contribution in [0.15, 0.2) is 59.5 Å². The van der Waals surface area contributed by atoms with E-state index in [2.05, 4.69) is 4.72 Å². The fourth-order valence-electron chi connectivity index (χ4n) is 2.16. The number of hydrogen-bond donors (Lipinski definition) is 1. The molecule has 0 fully saturated rings. The Morgan fingerprint density at radius 3 is 2.50 bits per heavy atom. The first-order valence-corrected chi connectivity index (χ1v) is 7.17. The maximum Gasteiger partial charge on any atom is 0.241 e. The molecule has 0 bridgehead atoms. The van der Waals surface area contributed by atoms with Crippen LogP contribution in [0.1, 0.15) is 18.5 Å². The Balaban J connectivity index is 2.15. The van der Waals surface area contributed by atoms with Crippen LogP contribution in [0, 0.1) is 0 Å². The lowest BCUT2D eigenvalue weighted by molar-refractivity contribution is 0.537. The van der Waals surface area contributed by atoms with Gasteiger partial charge in [0.1, 0.15) is 0 Å². The van der Waals surface area contributed by atoms with Gasteiger partial charge in [-0.3, -0.25) is 0 Å². The summed E-state index contributed by atoms with van der Waals surface area (Å²) in [7, 11) is -3.64. The van der Waals surface area contributed by atoms with Crippen LogP contribution in [0.25, 0.3) is 0 Å². The normalized spacial score (nSPS) is 26.1. The smallest absolute Gasteiger partial charge is 0.207 e. The van der Waals surface area contributed by atoms with E-state index in [1.807, 2.05) is 6.07 Å². The highest BCUT2D eigenvalue weighted by molar-refractivity contribution is 7.89. The lowest BCUT2D eigenvalue weighted by Gasteiger charge is -2.26. The standard InChI is InChI=1S/C14H13NO2S/c16-18(17)14-9-5-4-8-12(14)10-13(15-18)11-6-2-1-3-7-11/h1-9,13,15H,10H2/i13D. The first-order valence-electron chi connectivity index (χ1n) is 6.19. The molecule has 0 aromatic heterocycles. The van der Waals surface area contributed by atoms with Gasteiger partial charge in [-0.05, 0) is 23.6 Å². The molecule has 1 aliphatic heterocycles. The van der Waals surface area contributed by atoms with Gasteiger partial charge in [0, 0.05) is 0 Å². The quantitative estimate of drug-likeness (QED) is 0.855. The fraction of sp³-hybridized carbons (Fsp3) is 0.143. The minimum absolute atomic E-state index is 0.272. The molecular weight excluding hydrogens is 246 g/mol. The lowest BCUT2D eigenvalue weighted by Crippen LogP contribution is -2.35. The van der Waals surface area contributed by atoms with Crippen LogP contribution < -0.4 is 4.72 Å². The van der Waals surface area contributed by atoms with Crippen molar-refractivity contribution in [1.29, 1.82) is 0 Å². The first-order chi connectivity index (χ1) is 9.01. The zero-order valence-corrected chi connectivity index (χ0v) is 10.4. The van der Waals surface area contributed by atoms with Crippen molar-refractivity contribution in [2.45, 2.75) is 17.3 Å². The van der Waals surface area contributed by atoms with E-state index in [1.54, 1.807) is 48.5 Å². The van der Waals surface area contributed by atoms with E-state index in [0.717, 1.165) is 0 Å². The highest BCUT2D eigenvalue weighted by atomic mass is 32.2. The fourth-order valence-corrected chi connectivity index (χ4v) is 3.52. The van der Waals surface area contributed by atoms with Crippen LogP contribution in [-0.4, -0.2) is 8.42 Å². The van der Waals surface area contributed by atoms with Gasteiger partial charge in [-0.15, -0.1) is 0 Å². The van der Waals surface area contributed by atoms with Crippen molar-refractivity contribution in [3.8, 4) is 0 Å². The second-order valence-corrected chi connectivity index (χ2v) is 5.89. The average molecular weight is 260 g/mol. The Morgan fingerprint density at radius 1 is 1.06 bits per heavy atom. The largest absolute Gasteiger partial charge is 0.241 e. The number of rotatable bonds is 1. The summed E-state index contributed by atoms with van der Waals surface area (Å²) >= 11 is 0. The molecule has 1 aliphatic rings. The summed E-state index contributed by atoms with van der Waals surface area (Å²) in [5.74, 6) is 0. The van der Waals surface area contributed by atoms with Crippen molar-refractivity contribution < 1.29 is 9.79 Å². The molecular formula is C14H13NO2S.